The maximum absolute atomic E-state index is 12.4. The first-order valence-corrected chi connectivity index (χ1v) is 8.49. The van der Waals surface area contributed by atoms with Gasteiger partial charge in [-0.25, -0.2) is 8.42 Å². The van der Waals surface area contributed by atoms with Crippen molar-refractivity contribution < 1.29 is 21.6 Å². The summed E-state index contributed by atoms with van der Waals surface area (Å²) in [6.45, 7) is 1.29. The predicted octanol–water partition coefficient (Wildman–Crippen LogP) is 2.30. The lowest BCUT2D eigenvalue weighted by atomic mass is 10.1. The zero-order valence-electron chi connectivity index (χ0n) is 12.2. The lowest BCUT2D eigenvalue weighted by Gasteiger charge is -2.32. The largest absolute Gasteiger partial charge is 0.401 e. The molecular formula is C14H19F3N2O2S. The Hall–Kier alpha value is -1.12. The fraction of sp³-hybridized carbons (Fsp3) is 0.571. The zero-order valence-corrected chi connectivity index (χ0v) is 13.0. The molecule has 0 atom stereocenters. The molecule has 0 radical (unpaired) electrons. The number of nitrogens with one attached hydrogen (secondary N) is 1. The van der Waals surface area contributed by atoms with E-state index in [1.54, 1.807) is 24.3 Å². The second-order valence-corrected chi connectivity index (χ2v) is 7.43. The molecule has 0 unspecified atom stereocenters. The van der Waals surface area contributed by atoms with E-state index in [-0.39, 0.29) is 24.0 Å². The van der Waals surface area contributed by atoms with Crippen LogP contribution in [0.5, 0.6) is 0 Å². The lowest BCUT2D eigenvalue weighted by Crippen LogP contribution is -2.46. The van der Waals surface area contributed by atoms with Crippen LogP contribution in [-0.4, -0.2) is 44.6 Å². The van der Waals surface area contributed by atoms with Crippen LogP contribution in [-0.2, 0) is 10.0 Å². The van der Waals surface area contributed by atoms with Crippen molar-refractivity contribution in [3.63, 3.8) is 0 Å². The van der Waals surface area contributed by atoms with Gasteiger partial charge in [0.2, 0.25) is 10.0 Å². The third-order valence-electron chi connectivity index (χ3n) is 3.70. The first-order chi connectivity index (χ1) is 10.2. The van der Waals surface area contributed by atoms with Crippen molar-refractivity contribution in [2.75, 3.05) is 19.6 Å². The summed E-state index contributed by atoms with van der Waals surface area (Å²) in [7, 11) is -3.56. The van der Waals surface area contributed by atoms with Crippen molar-refractivity contribution in [3.05, 3.63) is 29.8 Å². The molecule has 8 heteroatoms. The van der Waals surface area contributed by atoms with Gasteiger partial charge in [0.15, 0.2) is 0 Å². The van der Waals surface area contributed by atoms with E-state index in [0.717, 1.165) is 5.56 Å². The molecule has 0 aromatic heterocycles. The molecule has 124 valence electrons. The number of alkyl halides is 3. The molecule has 1 aromatic rings. The van der Waals surface area contributed by atoms with Gasteiger partial charge in [-0.05, 0) is 31.9 Å². The minimum Gasteiger partial charge on any atom is -0.306 e. The molecule has 0 saturated carbocycles. The molecule has 0 bridgehead atoms. The van der Waals surface area contributed by atoms with Crippen molar-refractivity contribution in [1.82, 2.24) is 9.62 Å². The Morgan fingerprint density at radius 2 is 1.73 bits per heavy atom. The van der Waals surface area contributed by atoms with E-state index < -0.39 is 22.7 Å². The third kappa shape index (κ3) is 4.44. The standard InChI is InChI=1S/C14H19F3N2O2S/c1-11-2-4-13(5-3-11)22(20,21)19-8-6-12(7-9-19)18-10-14(15,16)17/h2-5,12,18H,6-10H2,1H3. The van der Waals surface area contributed by atoms with Gasteiger partial charge in [-0.3, -0.25) is 0 Å². The minimum atomic E-state index is -4.24. The lowest BCUT2D eigenvalue weighted by molar-refractivity contribution is -0.126. The smallest absolute Gasteiger partial charge is 0.306 e. The topological polar surface area (TPSA) is 49.4 Å². The van der Waals surface area contributed by atoms with Crippen LogP contribution in [0.4, 0.5) is 13.2 Å². The number of hydrogen-bond acceptors (Lipinski definition) is 3. The first-order valence-electron chi connectivity index (χ1n) is 7.05. The average molecular weight is 336 g/mol. The second kappa shape index (κ2) is 6.55. The van der Waals surface area contributed by atoms with Crippen LogP contribution < -0.4 is 5.32 Å². The predicted molar refractivity (Wildman–Crippen MR) is 77.0 cm³/mol. The molecule has 0 amide bonds. The second-order valence-electron chi connectivity index (χ2n) is 5.49. The highest BCUT2D eigenvalue weighted by Crippen LogP contribution is 2.22. The van der Waals surface area contributed by atoms with Gasteiger partial charge in [0.1, 0.15) is 0 Å². The number of rotatable bonds is 4. The Bertz CT molecular complexity index is 592. The summed E-state index contributed by atoms with van der Waals surface area (Å²) < 4.78 is 62.7. The molecule has 0 spiro atoms. The van der Waals surface area contributed by atoms with E-state index in [9.17, 15) is 21.6 Å². The quantitative estimate of drug-likeness (QED) is 0.918. The van der Waals surface area contributed by atoms with Crippen LogP contribution in [0.25, 0.3) is 0 Å². The number of sulfonamides is 1. The molecule has 22 heavy (non-hydrogen) atoms. The molecule has 1 aromatic carbocycles. The summed E-state index contributed by atoms with van der Waals surface area (Å²) in [4.78, 5) is 0.222. The van der Waals surface area contributed by atoms with Crippen molar-refractivity contribution in [2.24, 2.45) is 0 Å². The molecule has 1 heterocycles. The number of benzene rings is 1. The summed E-state index contributed by atoms with van der Waals surface area (Å²) in [5, 5.41) is 2.43. The summed E-state index contributed by atoms with van der Waals surface area (Å²) in [6.07, 6.45) is -3.49. The van der Waals surface area contributed by atoms with Crippen molar-refractivity contribution >= 4 is 10.0 Å². The maximum atomic E-state index is 12.4. The molecule has 1 aliphatic rings. The van der Waals surface area contributed by atoms with E-state index in [4.69, 9.17) is 0 Å². The molecule has 1 N–H and O–H groups in total. The van der Waals surface area contributed by atoms with Crippen LogP contribution in [0.15, 0.2) is 29.2 Å². The van der Waals surface area contributed by atoms with Crippen LogP contribution in [0.3, 0.4) is 0 Å². The Morgan fingerprint density at radius 1 is 1.18 bits per heavy atom. The SMILES string of the molecule is Cc1ccc(S(=O)(=O)N2CCC(NCC(F)(F)F)CC2)cc1. The summed E-state index contributed by atoms with van der Waals surface area (Å²) >= 11 is 0. The molecule has 1 saturated heterocycles. The summed E-state index contributed by atoms with van der Waals surface area (Å²) in [5.41, 5.74) is 0.967. The van der Waals surface area contributed by atoms with Gasteiger partial charge < -0.3 is 5.32 Å². The fourth-order valence-corrected chi connectivity index (χ4v) is 3.89. The normalized spacial score (nSPS) is 18.5. The van der Waals surface area contributed by atoms with Crippen LogP contribution >= 0.6 is 0 Å². The Balaban J connectivity index is 1.94. The number of piperidine rings is 1. The Labute approximate surface area is 128 Å². The van der Waals surface area contributed by atoms with E-state index in [1.807, 2.05) is 6.92 Å². The van der Waals surface area contributed by atoms with E-state index >= 15 is 0 Å². The molecule has 4 nitrogen and oxygen atoms in total. The van der Waals surface area contributed by atoms with Gasteiger partial charge in [-0.15, -0.1) is 0 Å². The number of halogens is 3. The molecule has 0 aliphatic carbocycles. The van der Waals surface area contributed by atoms with Gasteiger partial charge in [0.25, 0.3) is 0 Å². The third-order valence-corrected chi connectivity index (χ3v) is 5.62. The van der Waals surface area contributed by atoms with Crippen LogP contribution in [0, 0.1) is 6.92 Å². The highest BCUT2D eigenvalue weighted by molar-refractivity contribution is 7.89. The molecule has 1 fully saturated rings. The fourth-order valence-electron chi connectivity index (χ4n) is 2.42. The van der Waals surface area contributed by atoms with Gasteiger partial charge in [0, 0.05) is 19.1 Å². The minimum absolute atomic E-state index is 0.222. The maximum Gasteiger partial charge on any atom is 0.401 e. The van der Waals surface area contributed by atoms with Crippen molar-refractivity contribution in [3.8, 4) is 0 Å². The highest BCUT2D eigenvalue weighted by atomic mass is 32.2. The van der Waals surface area contributed by atoms with Crippen LogP contribution in [0.1, 0.15) is 18.4 Å². The van der Waals surface area contributed by atoms with E-state index in [0.29, 0.717) is 12.8 Å². The molecular weight excluding hydrogens is 317 g/mol. The highest BCUT2D eigenvalue weighted by Gasteiger charge is 2.32. The molecule has 1 aliphatic heterocycles. The Kier molecular flexibility index (Phi) is 5.14. The summed E-state index contributed by atoms with van der Waals surface area (Å²) in [6, 6.07) is 6.26. The number of nitrogens with zero attached hydrogens (tertiary/aromatic N) is 1. The van der Waals surface area contributed by atoms with E-state index in [1.165, 1.54) is 4.31 Å². The summed E-state index contributed by atoms with van der Waals surface area (Å²) in [5.74, 6) is 0. The first kappa shape index (κ1) is 17.2. The van der Waals surface area contributed by atoms with Crippen molar-refractivity contribution in [2.45, 2.75) is 36.9 Å². The van der Waals surface area contributed by atoms with Gasteiger partial charge in [-0.1, -0.05) is 17.7 Å². The van der Waals surface area contributed by atoms with Crippen molar-refractivity contribution in [1.29, 1.82) is 0 Å². The number of aryl methyl sites for hydroxylation is 1. The van der Waals surface area contributed by atoms with Gasteiger partial charge in [-0.2, -0.15) is 17.5 Å². The van der Waals surface area contributed by atoms with Gasteiger partial charge in [0.05, 0.1) is 11.4 Å². The van der Waals surface area contributed by atoms with Gasteiger partial charge >= 0.3 is 6.18 Å². The zero-order chi connectivity index (χ0) is 16.4. The van der Waals surface area contributed by atoms with Crippen LogP contribution in [0.2, 0.25) is 0 Å². The average Bonchev–Trinajstić information content (AvgIpc) is 2.45. The van der Waals surface area contributed by atoms with E-state index in [2.05, 4.69) is 5.32 Å². The Morgan fingerprint density at radius 3 is 2.23 bits per heavy atom. The number of hydrogen-bond donors (Lipinski definition) is 1. The monoisotopic (exact) mass is 336 g/mol. The molecule has 2 rings (SSSR count).